The number of carbonyl (C=O) groups is 2. The molecule has 0 aliphatic carbocycles. The van der Waals surface area contributed by atoms with Gasteiger partial charge in [0.15, 0.2) is 0 Å². The number of ether oxygens (including phenoxy) is 1. The maximum absolute atomic E-state index is 11.9. The van der Waals surface area contributed by atoms with Crippen LogP contribution in [0.1, 0.15) is 23.0 Å². The fourth-order valence-corrected chi connectivity index (χ4v) is 2.75. The van der Waals surface area contributed by atoms with Crippen molar-refractivity contribution in [2.45, 2.75) is 13.3 Å². The van der Waals surface area contributed by atoms with E-state index in [-0.39, 0.29) is 18.2 Å². The molecule has 0 aliphatic rings. The minimum absolute atomic E-state index is 0.0134. The normalized spacial score (nSPS) is 10.4. The fraction of sp³-hybridized carbons (Fsp3) is 0.286. The molecule has 8 heteroatoms. The Labute approximate surface area is 130 Å². The summed E-state index contributed by atoms with van der Waals surface area (Å²) < 4.78 is 5.89. The van der Waals surface area contributed by atoms with Crippen LogP contribution >= 0.6 is 11.3 Å². The van der Waals surface area contributed by atoms with Gasteiger partial charge in [0, 0.05) is 35.7 Å². The summed E-state index contributed by atoms with van der Waals surface area (Å²) in [6.07, 6.45) is 0.529. The fourth-order valence-electron chi connectivity index (χ4n) is 1.82. The van der Waals surface area contributed by atoms with Gasteiger partial charge in [-0.25, -0.2) is 4.79 Å². The Morgan fingerprint density at radius 3 is 2.82 bits per heavy atom. The number of nitrogens with zero attached hydrogens (tertiary/aromatic N) is 1. The molecule has 2 aromatic rings. The Balaban J connectivity index is 1.96. The van der Waals surface area contributed by atoms with Gasteiger partial charge in [0.25, 0.3) is 5.69 Å². The van der Waals surface area contributed by atoms with Crippen LogP contribution in [0.2, 0.25) is 0 Å². The summed E-state index contributed by atoms with van der Waals surface area (Å²) >= 11 is 1.23. The number of hydrogen-bond donors (Lipinski definition) is 1. The molecule has 0 unspecified atom stereocenters. The largest absolute Gasteiger partial charge is 0.461 e. The maximum Gasteiger partial charge on any atom is 0.348 e. The van der Waals surface area contributed by atoms with E-state index in [1.54, 1.807) is 12.1 Å². The van der Waals surface area contributed by atoms with E-state index in [2.05, 4.69) is 5.32 Å². The van der Waals surface area contributed by atoms with Gasteiger partial charge >= 0.3 is 5.97 Å². The summed E-state index contributed by atoms with van der Waals surface area (Å²) in [4.78, 5) is 33.2. The Kier molecular flexibility index (Phi) is 5.05. The molecule has 2 rings (SSSR count). The molecule has 1 amide bonds. The van der Waals surface area contributed by atoms with E-state index in [1.807, 2.05) is 0 Å². The minimum Gasteiger partial charge on any atom is -0.461 e. The van der Waals surface area contributed by atoms with Gasteiger partial charge < -0.3 is 10.1 Å². The molecular weight excluding hydrogens is 308 g/mol. The van der Waals surface area contributed by atoms with Gasteiger partial charge in [-0.15, -0.1) is 11.3 Å². The number of fused-ring (bicyclic) bond motifs is 1. The molecule has 0 saturated heterocycles. The number of nitrogens with one attached hydrogen (secondary N) is 1. The van der Waals surface area contributed by atoms with Crippen molar-refractivity contribution < 1.29 is 19.2 Å². The Morgan fingerprint density at radius 1 is 1.36 bits per heavy atom. The van der Waals surface area contributed by atoms with Crippen LogP contribution in [0, 0.1) is 10.1 Å². The third-order valence-corrected chi connectivity index (χ3v) is 3.94. The number of rotatable bonds is 6. The number of nitro groups is 1. The third kappa shape index (κ3) is 4.01. The number of amides is 1. The van der Waals surface area contributed by atoms with Crippen molar-refractivity contribution in [1.29, 1.82) is 0 Å². The second-order valence-electron chi connectivity index (χ2n) is 4.56. The van der Waals surface area contributed by atoms with Crippen LogP contribution in [0.5, 0.6) is 0 Å². The number of carbonyl (C=O) groups excluding carboxylic acids is 2. The van der Waals surface area contributed by atoms with E-state index in [0.29, 0.717) is 23.2 Å². The Hall–Kier alpha value is -2.48. The van der Waals surface area contributed by atoms with Crippen molar-refractivity contribution in [3.05, 3.63) is 39.3 Å². The first kappa shape index (κ1) is 15.9. The van der Waals surface area contributed by atoms with Crippen LogP contribution < -0.4 is 5.32 Å². The molecule has 1 aromatic heterocycles. The van der Waals surface area contributed by atoms with Crippen molar-refractivity contribution in [2.24, 2.45) is 0 Å². The van der Waals surface area contributed by atoms with Crippen LogP contribution in [0.25, 0.3) is 10.1 Å². The van der Waals surface area contributed by atoms with Crippen LogP contribution in [-0.2, 0) is 9.53 Å². The average Bonchev–Trinajstić information content (AvgIpc) is 2.89. The first-order valence-corrected chi connectivity index (χ1v) is 7.38. The molecule has 7 nitrogen and oxygen atoms in total. The summed E-state index contributed by atoms with van der Waals surface area (Å²) in [6.45, 7) is 2.07. The van der Waals surface area contributed by atoms with E-state index >= 15 is 0 Å². The molecule has 116 valence electrons. The molecular formula is C14H14N2O5S. The van der Waals surface area contributed by atoms with Gasteiger partial charge in [-0.3, -0.25) is 14.9 Å². The number of thiophene rings is 1. The van der Waals surface area contributed by atoms with Crippen LogP contribution in [-0.4, -0.2) is 30.0 Å². The lowest BCUT2D eigenvalue weighted by Gasteiger charge is -2.03. The molecule has 1 aromatic carbocycles. The van der Waals surface area contributed by atoms with E-state index in [0.717, 1.165) is 4.70 Å². The third-order valence-electron chi connectivity index (χ3n) is 2.84. The zero-order valence-electron chi connectivity index (χ0n) is 11.8. The smallest absolute Gasteiger partial charge is 0.348 e. The zero-order chi connectivity index (χ0) is 16.1. The van der Waals surface area contributed by atoms with Gasteiger partial charge in [0.05, 0.1) is 11.5 Å². The molecule has 0 aliphatic heterocycles. The van der Waals surface area contributed by atoms with Crippen molar-refractivity contribution in [3.8, 4) is 0 Å². The average molecular weight is 322 g/mol. The highest BCUT2D eigenvalue weighted by atomic mass is 32.1. The highest BCUT2D eigenvalue weighted by Gasteiger charge is 2.14. The highest BCUT2D eigenvalue weighted by Crippen LogP contribution is 2.29. The highest BCUT2D eigenvalue weighted by molar-refractivity contribution is 7.20. The van der Waals surface area contributed by atoms with Gasteiger partial charge in [0.1, 0.15) is 4.88 Å². The van der Waals surface area contributed by atoms with E-state index in [1.165, 1.54) is 30.4 Å². The van der Waals surface area contributed by atoms with Crippen molar-refractivity contribution >= 4 is 39.0 Å². The van der Waals surface area contributed by atoms with E-state index in [9.17, 15) is 19.7 Å². The molecule has 0 spiro atoms. The van der Waals surface area contributed by atoms with Crippen molar-refractivity contribution in [1.82, 2.24) is 5.32 Å². The van der Waals surface area contributed by atoms with Crippen molar-refractivity contribution in [3.63, 3.8) is 0 Å². The SMILES string of the molecule is CC(=O)NCCCOC(=O)c1cc2cc([N+](=O)[O-])ccc2s1. The molecule has 0 bridgehead atoms. The Morgan fingerprint density at radius 2 is 2.14 bits per heavy atom. The van der Waals surface area contributed by atoms with Crippen LogP contribution in [0.3, 0.4) is 0 Å². The van der Waals surface area contributed by atoms with Gasteiger partial charge in [-0.2, -0.15) is 0 Å². The quantitative estimate of drug-likeness (QED) is 0.381. The summed E-state index contributed by atoms with van der Waals surface area (Å²) in [5, 5.41) is 14.0. The molecule has 0 fully saturated rings. The predicted octanol–water partition coefficient (Wildman–Crippen LogP) is 2.49. The predicted molar refractivity (Wildman–Crippen MR) is 82.1 cm³/mol. The number of hydrogen-bond acceptors (Lipinski definition) is 6. The molecule has 1 heterocycles. The number of esters is 1. The summed E-state index contributed by atoms with van der Waals surface area (Å²) in [5.41, 5.74) is -0.0134. The second kappa shape index (κ2) is 6.99. The molecule has 0 saturated carbocycles. The molecule has 0 atom stereocenters. The first-order chi connectivity index (χ1) is 10.5. The summed E-state index contributed by atoms with van der Waals surface area (Å²) in [6, 6.07) is 6.04. The number of non-ortho nitro benzene ring substituents is 1. The molecule has 22 heavy (non-hydrogen) atoms. The van der Waals surface area contributed by atoms with E-state index in [4.69, 9.17) is 4.74 Å². The molecule has 1 N–H and O–H groups in total. The lowest BCUT2D eigenvalue weighted by molar-refractivity contribution is -0.384. The summed E-state index contributed by atoms with van der Waals surface area (Å²) in [5.74, 6) is -0.593. The zero-order valence-corrected chi connectivity index (χ0v) is 12.6. The topological polar surface area (TPSA) is 98.5 Å². The number of benzene rings is 1. The number of nitro benzene ring substituents is 1. The Bertz CT molecular complexity index is 725. The van der Waals surface area contributed by atoms with Gasteiger partial charge in [0.2, 0.25) is 5.91 Å². The standard InChI is InChI=1S/C14H14N2O5S/c1-9(17)15-5-2-6-21-14(18)13-8-10-7-11(16(19)20)3-4-12(10)22-13/h3-4,7-8H,2,5-6H2,1H3,(H,15,17). The second-order valence-corrected chi connectivity index (χ2v) is 5.65. The minimum atomic E-state index is -0.475. The van der Waals surface area contributed by atoms with E-state index < -0.39 is 10.9 Å². The lowest BCUT2D eigenvalue weighted by atomic mass is 10.2. The monoisotopic (exact) mass is 322 g/mol. The molecule has 0 radical (unpaired) electrons. The lowest BCUT2D eigenvalue weighted by Crippen LogP contribution is -2.22. The maximum atomic E-state index is 11.9. The summed E-state index contributed by atoms with van der Waals surface area (Å²) in [7, 11) is 0. The van der Waals surface area contributed by atoms with Crippen LogP contribution in [0.15, 0.2) is 24.3 Å². The van der Waals surface area contributed by atoms with Gasteiger partial charge in [-0.1, -0.05) is 0 Å². The van der Waals surface area contributed by atoms with Crippen molar-refractivity contribution in [2.75, 3.05) is 13.2 Å². The first-order valence-electron chi connectivity index (χ1n) is 6.57. The van der Waals surface area contributed by atoms with Crippen LogP contribution in [0.4, 0.5) is 5.69 Å². The van der Waals surface area contributed by atoms with Gasteiger partial charge in [-0.05, 0) is 18.6 Å².